The molecule has 0 saturated heterocycles. The SMILES string of the molecule is Cc1cc(-c2ccc(-c3cnc(C(N)C(C)C)[nH]3)cc2)ccc1-c1cnc(CN)[nH]1. The van der Waals surface area contributed by atoms with E-state index in [2.05, 4.69) is 83.2 Å². The smallest absolute Gasteiger partial charge is 0.123 e. The minimum atomic E-state index is -0.0877. The van der Waals surface area contributed by atoms with Gasteiger partial charge in [0.05, 0.1) is 36.4 Å². The molecule has 0 spiro atoms. The van der Waals surface area contributed by atoms with Gasteiger partial charge in [-0.25, -0.2) is 9.97 Å². The van der Waals surface area contributed by atoms with Crippen LogP contribution in [0.25, 0.3) is 33.6 Å². The summed E-state index contributed by atoms with van der Waals surface area (Å²) in [5.41, 5.74) is 19.6. The number of hydrogen-bond donors (Lipinski definition) is 4. The standard InChI is InChI=1S/C24H28N6/c1-14(2)23(26)24-28-12-20(30-24)17-6-4-16(5-7-17)18-8-9-19(15(3)10-18)21-13-27-22(11-25)29-21/h4-10,12-14,23H,11,25-26H2,1-3H3,(H,27,29)(H,28,30). The maximum Gasteiger partial charge on any atom is 0.123 e. The van der Waals surface area contributed by atoms with Gasteiger partial charge >= 0.3 is 0 Å². The normalized spacial score (nSPS) is 12.5. The summed E-state index contributed by atoms with van der Waals surface area (Å²) in [5.74, 6) is 1.95. The summed E-state index contributed by atoms with van der Waals surface area (Å²) >= 11 is 0. The molecule has 0 aliphatic heterocycles. The van der Waals surface area contributed by atoms with Crippen LogP contribution in [0, 0.1) is 12.8 Å². The maximum absolute atomic E-state index is 6.20. The van der Waals surface area contributed by atoms with E-state index < -0.39 is 0 Å². The molecule has 0 aliphatic carbocycles. The molecular weight excluding hydrogens is 372 g/mol. The van der Waals surface area contributed by atoms with Crippen molar-refractivity contribution in [3.8, 4) is 33.6 Å². The number of rotatable bonds is 6. The van der Waals surface area contributed by atoms with E-state index in [9.17, 15) is 0 Å². The Morgan fingerprint density at radius 3 is 2.17 bits per heavy atom. The summed E-state index contributed by atoms with van der Waals surface area (Å²) < 4.78 is 0. The number of H-pyrrole nitrogens is 2. The molecule has 4 rings (SSSR count). The summed E-state index contributed by atoms with van der Waals surface area (Å²) in [5, 5.41) is 0. The molecule has 6 nitrogen and oxygen atoms in total. The van der Waals surface area contributed by atoms with Crippen LogP contribution in [0.1, 0.15) is 37.1 Å². The average Bonchev–Trinajstić information content (AvgIpc) is 3.43. The van der Waals surface area contributed by atoms with E-state index in [4.69, 9.17) is 11.5 Å². The molecule has 6 heteroatoms. The lowest BCUT2D eigenvalue weighted by Crippen LogP contribution is -2.18. The van der Waals surface area contributed by atoms with Gasteiger partial charge in [-0.1, -0.05) is 56.3 Å². The minimum Gasteiger partial charge on any atom is -0.341 e. The number of hydrogen-bond acceptors (Lipinski definition) is 4. The third-order valence-corrected chi connectivity index (χ3v) is 5.50. The Hall–Kier alpha value is -3.22. The van der Waals surface area contributed by atoms with Gasteiger partial charge in [0.1, 0.15) is 11.6 Å². The lowest BCUT2D eigenvalue weighted by Gasteiger charge is -2.12. The van der Waals surface area contributed by atoms with Crippen LogP contribution >= 0.6 is 0 Å². The Labute approximate surface area is 176 Å². The van der Waals surface area contributed by atoms with Gasteiger partial charge < -0.3 is 21.4 Å². The van der Waals surface area contributed by atoms with Crippen molar-refractivity contribution in [2.45, 2.75) is 33.4 Å². The van der Waals surface area contributed by atoms with Crippen molar-refractivity contribution in [3.05, 3.63) is 72.1 Å². The molecule has 4 aromatic rings. The number of benzene rings is 2. The zero-order valence-corrected chi connectivity index (χ0v) is 17.6. The molecule has 1 atom stereocenters. The van der Waals surface area contributed by atoms with Crippen LogP contribution in [0.4, 0.5) is 0 Å². The minimum absolute atomic E-state index is 0.0877. The van der Waals surface area contributed by atoms with Crippen molar-refractivity contribution < 1.29 is 0 Å². The molecule has 30 heavy (non-hydrogen) atoms. The first kappa shape index (κ1) is 20.1. The molecule has 0 amide bonds. The number of aromatic nitrogens is 4. The van der Waals surface area contributed by atoms with Crippen molar-refractivity contribution in [2.24, 2.45) is 17.4 Å². The zero-order chi connectivity index (χ0) is 21.3. The fourth-order valence-corrected chi connectivity index (χ4v) is 3.56. The molecule has 2 aromatic heterocycles. The largest absolute Gasteiger partial charge is 0.341 e. The summed E-state index contributed by atoms with van der Waals surface area (Å²) in [6.07, 6.45) is 3.69. The van der Waals surface area contributed by atoms with Crippen LogP contribution < -0.4 is 11.5 Å². The van der Waals surface area contributed by atoms with Gasteiger partial charge in [-0.2, -0.15) is 0 Å². The zero-order valence-electron chi connectivity index (χ0n) is 17.6. The lowest BCUT2D eigenvalue weighted by molar-refractivity contribution is 0.494. The van der Waals surface area contributed by atoms with Crippen molar-refractivity contribution in [1.82, 2.24) is 19.9 Å². The summed E-state index contributed by atoms with van der Waals surface area (Å²) in [4.78, 5) is 15.4. The number of nitrogens with zero attached hydrogens (tertiary/aromatic N) is 2. The van der Waals surface area contributed by atoms with E-state index in [1.165, 1.54) is 16.7 Å². The molecule has 1 unspecified atom stereocenters. The first-order valence-corrected chi connectivity index (χ1v) is 10.2. The second-order valence-corrected chi connectivity index (χ2v) is 8.01. The first-order valence-electron chi connectivity index (χ1n) is 10.2. The topological polar surface area (TPSA) is 109 Å². The third-order valence-electron chi connectivity index (χ3n) is 5.50. The van der Waals surface area contributed by atoms with E-state index in [1.54, 1.807) is 0 Å². The molecule has 6 N–H and O–H groups in total. The van der Waals surface area contributed by atoms with Crippen LogP contribution in [0.5, 0.6) is 0 Å². The molecule has 0 radical (unpaired) electrons. The van der Waals surface area contributed by atoms with Gasteiger partial charge in [0.25, 0.3) is 0 Å². The quantitative estimate of drug-likeness (QED) is 0.380. The Morgan fingerprint density at radius 1 is 0.867 bits per heavy atom. The summed E-state index contributed by atoms with van der Waals surface area (Å²) in [7, 11) is 0. The number of imidazole rings is 2. The van der Waals surface area contributed by atoms with Crippen molar-refractivity contribution >= 4 is 0 Å². The van der Waals surface area contributed by atoms with E-state index in [1.807, 2.05) is 12.4 Å². The molecule has 2 aromatic carbocycles. The van der Waals surface area contributed by atoms with Crippen LogP contribution in [0.15, 0.2) is 54.9 Å². The Balaban J connectivity index is 1.56. The molecule has 154 valence electrons. The molecule has 0 saturated carbocycles. The lowest BCUT2D eigenvalue weighted by atomic mass is 9.97. The highest BCUT2D eigenvalue weighted by molar-refractivity contribution is 5.73. The fraction of sp³-hybridized carbons (Fsp3) is 0.250. The first-order chi connectivity index (χ1) is 14.5. The maximum atomic E-state index is 6.20. The van der Waals surface area contributed by atoms with Gasteiger partial charge in [-0.05, 0) is 35.1 Å². The third kappa shape index (κ3) is 3.92. The molecule has 0 fully saturated rings. The van der Waals surface area contributed by atoms with Gasteiger partial charge in [0.15, 0.2) is 0 Å². The Bertz CT molecular complexity index is 1140. The molecule has 0 aliphatic rings. The number of nitrogens with two attached hydrogens (primary N) is 2. The van der Waals surface area contributed by atoms with Crippen molar-refractivity contribution in [1.29, 1.82) is 0 Å². The number of aryl methyl sites for hydroxylation is 1. The fourth-order valence-electron chi connectivity index (χ4n) is 3.56. The van der Waals surface area contributed by atoms with Gasteiger partial charge in [-0.15, -0.1) is 0 Å². The average molecular weight is 401 g/mol. The van der Waals surface area contributed by atoms with Gasteiger partial charge in [0.2, 0.25) is 0 Å². The van der Waals surface area contributed by atoms with Crippen LogP contribution in [0.3, 0.4) is 0 Å². The van der Waals surface area contributed by atoms with Crippen LogP contribution in [0.2, 0.25) is 0 Å². The monoisotopic (exact) mass is 400 g/mol. The van der Waals surface area contributed by atoms with Crippen LogP contribution in [-0.2, 0) is 6.54 Å². The Morgan fingerprint density at radius 2 is 1.53 bits per heavy atom. The van der Waals surface area contributed by atoms with Crippen molar-refractivity contribution in [3.63, 3.8) is 0 Å². The highest BCUT2D eigenvalue weighted by atomic mass is 15.0. The van der Waals surface area contributed by atoms with Crippen molar-refractivity contribution in [2.75, 3.05) is 0 Å². The summed E-state index contributed by atoms with van der Waals surface area (Å²) in [6, 6.07) is 14.9. The Kier molecular flexibility index (Phi) is 5.53. The van der Waals surface area contributed by atoms with E-state index in [0.29, 0.717) is 12.5 Å². The molecule has 2 heterocycles. The molecular formula is C24H28N6. The van der Waals surface area contributed by atoms with Gasteiger partial charge in [-0.3, -0.25) is 0 Å². The summed E-state index contributed by atoms with van der Waals surface area (Å²) in [6.45, 7) is 6.71. The van der Waals surface area contributed by atoms with E-state index >= 15 is 0 Å². The highest BCUT2D eigenvalue weighted by Crippen LogP contribution is 2.29. The van der Waals surface area contributed by atoms with Gasteiger partial charge in [0, 0.05) is 5.56 Å². The number of aromatic amines is 2. The highest BCUT2D eigenvalue weighted by Gasteiger charge is 2.14. The predicted molar refractivity (Wildman–Crippen MR) is 121 cm³/mol. The van der Waals surface area contributed by atoms with E-state index in [0.717, 1.165) is 34.2 Å². The van der Waals surface area contributed by atoms with E-state index in [-0.39, 0.29) is 6.04 Å². The number of nitrogens with one attached hydrogen (secondary N) is 2. The predicted octanol–water partition coefficient (Wildman–Crippen LogP) is 4.56. The van der Waals surface area contributed by atoms with Crippen LogP contribution in [-0.4, -0.2) is 19.9 Å². The second-order valence-electron chi connectivity index (χ2n) is 8.01. The second kappa shape index (κ2) is 8.26. The molecule has 0 bridgehead atoms.